The number of nitrogens with zero attached hydrogens (tertiary/aromatic N) is 1. The molecule has 0 aliphatic carbocycles. The Hall–Kier alpha value is -3.01. The summed E-state index contributed by atoms with van der Waals surface area (Å²) in [4.78, 5) is 14.6. The van der Waals surface area contributed by atoms with Crippen molar-refractivity contribution in [1.82, 2.24) is 5.32 Å². The topological polar surface area (TPSA) is 64.9 Å². The van der Waals surface area contributed by atoms with Crippen LogP contribution in [0.5, 0.6) is 0 Å². The summed E-state index contributed by atoms with van der Waals surface area (Å²) < 4.78 is 0.968. The van der Waals surface area contributed by atoms with Crippen LogP contribution in [0.2, 0.25) is 0 Å². The number of carbonyl (C=O) groups is 1. The molecule has 29 heavy (non-hydrogen) atoms. The molecule has 0 radical (unpaired) electrons. The zero-order chi connectivity index (χ0) is 20.5. The summed E-state index contributed by atoms with van der Waals surface area (Å²) >= 11 is 5.04. The van der Waals surface area contributed by atoms with Gasteiger partial charge in [0.25, 0.3) is 5.91 Å². The fourth-order valence-corrected chi connectivity index (χ4v) is 3.87. The number of benzene rings is 3. The second kappa shape index (κ2) is 10.5. The van der Waals surface area contributed by atoms with Gasteiger partial charge in [0.2, 0.25) is 0 Å². The van der Waals surface area contributed by atoms with E-state index in [1.807, 2.05) is 84.9 Å². The van der Waals surface area contributed by atoms with E-state index in [0.717, 1.165) is 19.8 Å². The Morgan fingerprint density at radius 3 is 2.45 bits per heavy atom. The smallest absolute Gasteiger partial charge is 0.267 e. The third-order valence-corrected chi connectivity index (χ3v) is 5.83. The van der Waals surface area contributed by atoms with Gasteiger partial charge in [0, 0.05) is 27.0 Å². The molecule has 1 amide bonds. The van der Waals surface area contributed by atoms with Crippen LogP contribution < -0.4 is 10.6 Å². The maximum absolute atomic E-state index is 12.6. The first kappa shape index (κ1) is 20.7. The first-order chi connectivity index (χ1) is 14.2. The number of halogens is 1. The Labute approximate surface area is 182 Å². The van der Waals surface area contributed by atoms with E-state index in [4.69, 9.17) is 0 Å². The average molecular weight is 464 g/mol. The number of nitrogens with one attached hydrogen (secondary N) is 2. The van der Waals surface area contributed by atoms with Crippen molar-refractivity contribution in [3.63, 3.8) is 0 Å². The van der Waals surface area contributed by atoms with Gasteiger partial charge in [0.1, 0.15) is 11.6 Å². The van der Waals surface area contributed by atoms with Crippen molar-refractivity contribution in [3.8, 4) is 6.07 Å². The highest BCUT2D eigenvalue weighted by atomic mass is 79.9. The first-order valence-corrected chi connectivity index (χ1v) is 10.5. The predicted octanol–water partition coefficient (Wildman–Crippen LogP) is 5.74. The number of anilines is 1. The minimum absolute atomic E-state index is 0.0107. The number of amides is 1. The second-order valence-electron chi connectivity index (χ2n) is 6.01. The van der Waals surface area contributed by atoms with E-state index < -0.39 is 5.91 Å². The van der Waals surface area contributed by atoms with Gasteiger partial charge in [-0.2, -0.15) is 5.26 Å². The molecule has 0 aromatic heterocycles. The molecule has 0 fully saturated rings. The van der Waals surface area contributed by atoms with Crippen molar-refractivity contribution >= 4 is 39.3 Å². The normalized spacial score (nSPS) is 10.8. The zero-order valence-corrected chi connectivity index (χ0v) is 17.8. The molecule has 3 aromatic carbocycles. The number of nitriles is 1. The number of rotatable bonds is 7. The fourth-order valence-electron chi connectivity index (χ4n) is 2.52. The van der Waals surface area contributed by atoms with Gasteiger partial charge in [0.05, 0.1) is 5.69 Å². The van der Waals surface area contributed by atoms with Crippen LogP contribution in [-0.4, -0.2) is 5.91 Å². The fraction of sp³-hybridized carbons (Fsp3) is 0.0435. The number of carbonyl (C=O) groups excluding carboxylic acids is 1. The molecule has 4 nitrogen and oxygen atoms in total. The minimum Gasteiger partial charge on any atom is -0.386 e. The standard InChI is InChI=1S/C23H18BrN3OS/c24-20-11-5-4-8-17(20)15-26-16-18(14-25)23(28)27-21-12-6-7-13-22(21)29-19-9-2-1-3-10-19/h1-13,16,26H,15H2,(H,27,28)/b18-16-. The van der Waals surface area contributed by atoms with E-state index >= 15 is 0 Å². The Kier molecular flexibility index (Phi) is 7.51. The van der Waals surface area contributed by atoms with E-state index in [0.29, 0.717) is 12.2 Å². The van der Waals surface area contributed by atoms with Gasteiger partial charge >= 0.3 is 0 Å². The summed E-state index contributed by atoms with van der Waals surface area (Å²) in [5.74, 6) is -0.451. The monoisotopic (exact) mass is 463 g/mol. The van der Waals surface area contributed by atoms with Gasteiger partial charge in [-0.15, -0.1) is 0 Å². The number of hydrogen-bond donors (Lipinski definition) is 2. The molecular formula is C23H18BrN3OS. The highest BCUT2D eigenvalue weighted by molar-refractivity contribution is 9.10. The van der Waals surface area contributed by atoms with E-state index in [1.54, 1.807) is 11.8 Å². The average Bonchev–Trinajstić information content (AvgIpc) is 2.74. The zero-order valence-electron chi connectivity index (χ0n) is 15.4. The Bertz CT molecular complexity index is 1060. The Balaban J connectivity index is 1.68. The number of hydrogen-bond acceptors (Lipinski definition) is 4. The quantitative estimate of drug-likeness (QED) is 0.346. The molecule has 0 aliphatic heterocycles. The minimum atomic E-state index is -0.451. The molecule has 0 bridgehead atoms. The lowest BCUT2D eigenvalue weighted by Gasteiger charge is -2.11. The van der Waals surface area contributed by atoms with Crippen molar-refractivity contribution in [1.29, 1.82) is 5.26 Å². The summed E-state index contributed by atoms with van der Waals surface area (Å²) in [6, 6.07) is 27.2. The van der Waals surface area contributed by atoms with Crippen molar-refractivity contribution in [2.75, 3.05) is 5.32 Å². The Morgan fingerprint density at radius 2 is 1.69 bits per heavy atom. The van der Waals surface area contributed by atoms with Crippen molar-refractivity contribution in [2.24, 2.45) is 0 Å². The van der Waals surface area contributed by atoms with Crippen molar-refractivity contribution in [2.45, 2.75) is 16.3 Å². The lowest BCUT2D eigenvalue weighted by molar-refractivity contribution is -0.112. The van der Waals surface area contributed by atoms with Crippen molar-refractivity contribution < 1.29 is 4.79 Å². The lowest BCUT2D eigenvalue weighted by Crippen LogP contribution is -2.17. The SMILES string of the molecule is N#C/C(=C/NCc1ccccc1Br)C(=O)Nc1ccccc1Sc1ccccc1. The highest BCUT2D eigenvalue weighted by Gasteiger charge is 2.12. The third kappa shape index (κ3) is 5.98. The largest absolute Gasteiger partial charge is 0.386 e. The molecule has 0 aliphatic rings. The molecule has 3 aromatic rings. The summed E-state index contributed by atoms with van der Waals surface area (Å²) in [7, 11) is 0. The van der Waals surface area contributed by atoms with Gasteiger partial charge in [-0.3, -0.25) is 4.79 Å². The number of para-hydroxylation sites is 1. The molecular weight excluding hydrogens is 446 g/mol. The predicted molar refractivity (Wildman–Crippen MR) is 120 cm³/mol. The highest BCUT2D eigenvalue weighted by Crippen LogP contribution is 2.33. The molecule has 0 heterocycles. The lowest BCUT2D eigenvalue weighted by atomic mass is 10.2. The second-order valence-corrected chi connectivity index (χ2v) is 7.98. The maximum atomic E-state index is 12.6. The van der Waals surface area contributed by atoms with Crippen molar-refractivity contribution in [3.05, 3.63) is 101 Å². The van der Waals surface area contributed by atoms with E-state index in [9.17, 15) is 10.1 Å². The molecule has 0 atom stereocenters. The van der Waals surface area contributed by atoms with Gasteiger partial charge in [0.15, 0.2) is 0 Å². The first-order valence-electron chi connectivity index (χ1n) is 8.87. The molecule has 0 unspecified atom stereocenters. The molecule has 6 heteroatoms. The summed E-state index contributed by atoms with van der Waals surface area (Å²) in [5.41, 5.74) is 1.71. The summed E-state index contributed by atoms with van der Waals surface area (Å²) in [6.07, 6.45) is 1.45. The van der Waals surface area contributed by atoms with Gasteiger partial charge in [-0.05, 0) is 35.9 Å². The molecule has 0 saturated heterocycles. The molecule has 0 spiro atoms. The maximum Gasteiger partial charge on any atom is 0.267 e. The van der Waals surface area contributed by atoms with Crippen LogP contribution in [-0.2, 0) is 11.3 Å². The van der Waals surface area contributed by atoms with Crippen LogP contribution >= 0.6 is 27.7 Å². The van der Waals surface area contributed by atoms with Crippen LogP contribution in [0.1, 0.15) is 5.56 Å². The van der Waals surface area contributed by atoms with Crippen LogP contribution in [0.25, 0.3) is 0 Å². The molecule has 144 valence electrons. The summed E-state index contributed by atoms with van der Waals surface area (Å²) in [5, 5.41) is 15.3. The molecule has 0 saturated carbocycles. The Morgan fingerprint density at radius 1 is 1.00 bits per heavy atom. The van der Waals surface area contributed by atoms with Gasteiger partial charge < -0.3 is 10.6 Å². The molecule has 2 N–H and O–H groups in total. The van der Waals surface area contributed by atoms with Gasteiger partial charge in [-0.1, -0.05) is 76.2 Å². The molecule has 3 rings (SSSR count). The van der Waals surface area contributed by atoms with E-state index in [-0.39, 0.29) is 5.57 Å². The van der Waals surface area contributed by atoms with Crippen LogP contribution in [0.15, 0.2) is 105 Å². The van der Waals surface area contributed by atoms with E-state index in [2.05, 4.69) is 26.6 Å². The van der Waals surface area contributed by atoms with Crippen LogP contribution in [0, 0.1) is 11.3 Å². The summed E-state index contributed by atoms with van der Waals surface area (Å²) in [6.45, 7) is 0.500. The van der Waals surface area contributed by atoms with Crippen LogP contribution in [0.4, 0.5) is 5.69 Å². The van der Waals surface area contributed by atoms with E-state index in [1.165, 1.54) is 6.20 Å². The van der Waals surface area contributed by atoms with Gasteiger partial charge in [-0.25, -0.2) is 0 Å². The third-order valence-electron chi connectivity index (χ3n) is 3.97. The van der Waals surface area contributed by atoms with Crippen LogP contribution in [0.3, 0.4) is 0 Å².